The van der Waals surface area contributed by atoms with Gasteiger partial charge in [0.1, 0.15) is 0 Å². The average molecular weight is 336 g/mol. The molecule has 0 aromatic heterocycles. The molecule has 0 fully saturated rings. The van der Waals surface area contributed by atoms with E-state index in [0.29, 0.717) is 0 Å². The summed E-state index contributed by atoms with van der Waals surface area (Å²) < 4.78 is 35.0. The van der Waals surface area contributed by atoms with Crippen LogP contribution in [0.5, 0.6) is 0 Å². The maximum absolute atomic E-state index is 11.7. The van der Waals surface area contributed by atoms with E-state index in [0.717, 1.165) is 20.0 Å². The Morgan fingerprint density at radius 2 is 1.53 bits per heavy atom. The van der Waals surface area contributed by atoms with Crippen LogP contribution in [0, 0.1) is 0 Å². The molecule has 0 bridgehead atoms. The minimum absolute atomic E-state index is 0.885. The van der Waals surface area contributed by atoms with E-state index in [2.05, 4.69) is 0 Å². The first kappa shape index (κ1) is 15.2. The van der Waals surface area contributed by atoms with Crippen LogP contribution in [-0.2, 0) is 37.4 Å². The molecular formula is C11H18O4PZr. The Morgan fingerprint density at radius 3 is 1.88 bits per heavy atom. The summed E-state index contributed by atoms with van der Waals surface area (Å²) in [4.78, 5) is 0. The van der Waals surface area contributed by atoms with Crippen molar-refractivity contribution in [1.82, 2.24) is 0 Å². The fourth-order valence-corrected chi connectivity index (χ4v) is 8.32. The van der Waals surface area contributed by atoms with Crippen molar-refractivity contribution in [3.63, 3.8) is 0 Å². The fraction of sp³-hybridized carbons (Fsp3) is 0.636. The summed E-state index contributed by atoms with van der Waals surface area (Å²) in [5, 5.41) is -0.912. The zero-order valence-corrected chi connectivity index (χ0v) is 14.4. The molecule has 0 amide bonds. The van der Waals surface area contributed by atoms with Gasteiger partial charge in [0.05, 0.1) is 0 Å². The Labute approximate surface area is 112 Å². The van der Waals surface area contributed by atoms with Crippen molar-refractivity contribution in [2.75, 3.05) is 14.2 Å². The zero-order chi connectivity index (χ0) is 13.4. The standard InChI is InChI=1S/C9H12O2P.2CH3O.Zr/c1-6-5-9(4,12(10)11)8(3)7(6)2;2*1-2;/h1-4H3;2*1H3;/q;2*-1;+2. The van der Waals surface area contributed by atoms with Crippen molar-refractivity contribution in [3.8, 4) is 0 Å². The Hall–Kier alpha value is 0.183. The molecule has 0 radical (unpaired) electrons. The van der Waals surface area contributed by atoms with Crippen LogP contribution < -0.4 is 0 Å². The molecule has 1 unspecified atom stereocenters. The van der Waals surface area contributed by atoms with Gasteiger partial charge in [-0.3, -0.25) is 0 Å². The molecule has 4 nitrogen and oxygen atoms in total. The van der Waals surface area contributed by atoms with Gasteiger partial charge in [0.25, 0.3) is 0 Å². The molecule has 95 valence electrons. The molecule has 0 aromatic carbocycles. The summed E-state index contributed by atoms with van der Waals surface area (Å²) >= 11 is -2.72. The van der Waals surface area contributed by atoms with Crippen molar-refractivity contribution in [2.24, 2.45) is 0 Å². The third kappa shape index (κ3) is 2.23. The summed E-state index contributed by atoms with van der Waals surface area (Å²) in [5.74, 6) is 0. The first-order valence-electron chi connectivity index (χ1n) is 5.31. The van der Waals surface area contributed by atoms with Gasteiger partial charge in [-0.05, 0) is 0 Å². The van der Waals surface area contributed by atoms with Gasteiger partial charge >= 0.3 is 112 Å². The third-order valence-corrected chi connectivity index (χ3v) is 10.4. The molecule has 0 saturated carbocycles. The van der Waals surface area contributed by atoms with Gasteiger partial charge in [-0.15, -0.1) is 0 Å². The van der Waals surface area contributed by atoms with E-state index in [4.69, 9.17) is 5.63 Å². The van der Waals surface area contributed by atoms with E-state index < -0.39 is 35.5 Å². The van der Waals surface area contributed by atoms with Crippen LogP contribution in [0.3, 0.4) is 0 Å². The Morgan fingerprint density at radius 1 is 1.06 bits per heavy atom. The first-order chi connectivity index (χ1) is 7.82. The van der Waals surface area contributed by atoms with Gasteiger partial charge in [0.2, 0.25) is 0 Å². The molecule has 0 N–H and O–H groups in total. The van der Waals surface area contributed by atoms with Crippen LogP contribution in [0.1, 0.15) is 27.7 Å². The van der Waals surface area contributed by atoms with Gasteiger partial charge in [0.15, 0.2) is 0 Å². The number of hydrogen-bond donors (Lipinski definition) is 0. The van der Waals surface area contributed by atoms with Crippen LogP contribution in [-0.4, -0.2) is 19.4 Å². The topological polar surface area (TPSA) is 52.6 Å². The van der Waals surface area contributed by atoms with E-state index in [9.17, 15) is 9.13 Å². The van der Waals surface area contributed by atoms with Gasteiger partial charge in [-0.2, -0.15) is 0 Å². The molecule has 0 aliphatic heterocycles. The fourth-order valence-electron chi connectivity index (χ4n) is 2.25. The zero-order valence-electron chi connectivity index (χ0n) is 11.1. The summed E-state index contributed by atoms with van der Waals surface area (Å²) in [6, 6.07) is 0. The van der Waals surface area contributed by atoms with Gasteiger partial charge < -0.3 is 0 Å². The summed E-state index contributed by atoms with van der Waals surface area (Å²) in [7, 11) is 0.608. The molecule has 1 rings (SSSR count). The van der Waals surface area contributed by atoms with E-state index in [1.165, 1.54) is 0 Å². The molecule has 0 heterocycles. The second kappa shape index (κ2) is 5.44. The molecular weight excluding hydrogens is 318 g/mol. The molecule has 0 saturated heterocycles. The van der Waals surface area contributed by atoms with Crippen LogP contribution in [0.2, 0.25) is 0 Å². The number of allylic oxidation sites excluding steroid dienone is 4. The Bertz CT molecular complexity index is 452. The second-order valence-corrected chi connectivity index (χ2v) is 10.3. The quantitative estimate of drug-likeness (QED) is 0.739. The van der Waals surface area contributed by atoms with Crippen molar-refractivity contribution in [3.05, 3.63) is 20.0 Å². The molecule has 0 spiro atoms. The van der Waals surface area contributed by atoms with Gasteiger partial charge in [0, 0.05) is 0 Å². The third-order valence-electron chi connectivity index (χ3n) is 3.66. The van der Waals surface area contributed by atoms with Crippen molar-refractivity contribution in [2.45, 2.75) is 32.9 Å². The molecule has 0 aromatic rings. The van der Waals surface area contributed by atoms with E-state index in [-0.39, 0.29) is 0 Å². The average Bonchev–Trinajstić information content (AvgIpc) is 2.46. The molecule has 17 heavy (non-hydrogen) atoms. The normalized spacial score (nSPS) is 24.6. The second-order valence-electron chi connectivity index (χ2n) is 4.28. The molecule has 1 aliphatic rings. The maximum atomic E-state index is 11.7. The van der Waals surface area contributed by atoms with Gasteiger partial charge in [-0.25, -0.2) is 0 Å². The van der Waals surface area contributed by atoms with Crippen LogP contribution >= 0.6 is 7.68 Å². The Balaban J connectivity index is 3.48. The van der Waals surface area contributed by atoms with E-state index in [1.54, 1.807) is 21.1 Å². The van der Waals surface area contributed by atoms with E-state index in [1.807, 2.05) is 20.8 Å². The number of rotatable bonds is 4. The first-order valence-corrected chi connectivity index (χ1v) is 9.73. The SMILES string of the molecule is C[O][Zr]([O]C)[C]1=C(C)C(C)=C(C)C1(C)P(=O)=O. The van der Waals surface area contributed by atoms with Crippen molar-refractivity contribution in [1.29, 1.82) is 0 Å². The van der Waals surface area contributed by atoms with Crippen LogP contribution in [0.15, 0.2) is 20.0 Å². The van der Waals surface area contributed by atoms with Crippen molar-refractivity contribution < 1.29 is 37.4 Å². The summed E-state index contributed by atoms with van der Waals surface area (Å²) in [5.41, 5.74) is 2.98. The molecule has 1 aliphatic carbocycles. The molecule has 1 atom stereocenters. The molecule has 6 heteroatoms. The van der Waals surface area contributed by atoms with Crippen LogP contribution in [0.4, 0.5) is 0 Å². The monoisotopic (exact) mass is 335 g/mol. The predicted octanol–water partition coefficient (Wildman–Crippen LogP) is 3.28. The van der Waals surface area contributed by atoms with Gasteiger partial charge in [-0.1, -0.05) is 0 Å². The Kier molecular flexibility index (Phi) is 4.88. The summed E-state index contributed by atoms with van der Waals surface area (Å²) in [6.45, 7) is 7.54. The van der Waals surface area contributed by atoms with E-state index >= 15 is 0 Å². The minimum atomic E-state index is -2.72. The summed E-state index contributed by atoms with van der Waals surface area (Å²) in [6.07, 6.45) is 0. The number of hydrogen-bond acceptors (Lipinski definition) is 4. The van der Waals surface area contributed by atoms with Crippen molar-refractivity contribution >= 4 is 7.68 Å². The van der Waals surface area contributed by atoms with Crippen LogP contribution in [0.25, 0.3) is 0 Å². The predicted molar refractivity (Wildman–Crippen MR) is 61.8 cm³/mol.